The molecule has 2 rings (SSSR count). The van der Waals surface area contributed by atoms with Crippen LogP contribution in [0.2, 0.25) is 0 Å². The highest BCUT2D eigenvalue weighted by Crippen LogP contribution is 2.10. The topological polar surface area (TPSA) is 46.0 Å². The van der Waals surface area contributed by atoms with E-state index < -0.39 is 0 Å². The molecule has 1 aliphatic rings. The lowest BCUT2D eigenvalue weighted by molar-refractivity contribution is 0.137. The first-order chi connectivity index (χ1) is 7.15. The van der Waals surface area contributed by atoms with Crippen molar-refractivity contribution in [2.45, 2.75) is 32.5 Å². The number of nitrogens with zero attached hydrogens (tertiary/aromatic N) is 4. The van der Waals surface area contributed by atoms with Crippen LogP contribution in [-0.2, 0) is 13.6 Å². The Balaban J connectivity index is 1.98. The summed E-state index contributed by atoms with van der Waals surface area (Å²) < 4.78 is 1.76. The molecule has 0 spiro atoms. The molecular weight excluding hydrogens is 190 g/mol. The van der Waals surface area contributed by atoms with Gasteiger partial charge in [0.15, 0.2) is 0 Å². The van der Waals surface area contributed by atoms with Crippen molar-refractivity contribution in [1.29, 1.82) is 0 Å². The van der Waals surface area contributed by atoms with Crippen molar-refractivity contribution in [3.63, 3.8) is 0 Å². The molecule has 2 heterocycles. The zero-order valence-electron chi connectivity index (χ0n) is 9.64. The van der Waals surface area contributed by atoms with Crippen LogP contribution >= 0.6 is 0 Å². The Morgan fingerprint density at radius 2 is 2.33 bits per heavy atom. The van der Waals surface area contributed by atoms with E-state index in [2.05, 4.69) is 34.4 Å². The number of hydrogen-bond donors (Lipinski definition) is 1. The number of rotatable bonds is 2. The molecule has 2 atom stereocenters. The van der Waals surface area contributed by atoms with Gasteiger partial charge in [-0.3, -0.25) is 9.58 Å². The van der Waals surface area contributed by atoms with Crippen molar-refractivity contribution in [3.05, 3.63) is 11.9 Å². The van der Waals surface area contributed by atoms with E-state index in [0.717, 1.165) is 25.3 Å². The Hall–Kier alpha value is -0.940. The van der Waals surface area contributed by atoms with E-state index in [9.17, 15) is 0 Å². The summed E-state index contributed by atoms with van der Waals surface area (Å²) in [5.74, 6) is 0. The van der Waals surface area contributed by atoms with Gasteiger partial charge in [-0.2, -0.15) is 0 Å². The Kier molecular flexibility index (Phi) is 3.02. The van der Waals surface area contributed by atoms with Crippen LogP contribution in [0.25, 0.3) is 0 Å². The first-order valence-electron chi connectivity index (χ1n) is 5.48. The quantitative estimate of drug-likeness (QED) is 0.744. The van der Waals surface area contributed by atoms with Crippen LogP contribution in [0.15, 0.2) is 6.20 Å². The molecule has 5 nitrogen and oxygen atoms in total. The standard InChI is InChI=1S/C10H19N5/c1-8-5-15(9(2)4-11-8)7-10-6-14(3)13-12-10/h6,8-9,11H,4-5,7H2,1-3H3. The second-order valence-corrected chi connectivity index (χ2v) is 4.47. The highest BCUT2D eigenvalue weighted by atomic mass is 15.4. The summed E-state index contributed by atoms with van der Waals surface area (Å²) in [7, 11) is 1.90. The lowest BCUT2D eigenvalue weighted by atomic mass is 10.1. The molecule has 15 heavy (non-hydrogen) atoms. The predicted octanol–water partition coefficient (Wildman–Crippen LogP) is -0.00270. The molecule has 0 amide bonds. The van der Waals surface area contributed by atoms with Crippen molar-refractivity contribution < 1.29 is 0 Å². The van der Waals surface area contributed by atoms with E-state index in [0.29, 0.717) is 12.1 Å². The molecule has 0 saturated carbocycles. The second-order valence-electron chi connectivity index (χ2n) is 4.47. The van der Waals surface area contributed by atoms with E-state index in [4.69, 9.17) is 0 Å². The molecular formula is C10H19N5. The highest BCUT2D eigenvalue weighted by molar-refractivity contribution is 4.94. The molecule has 5 heteroatoms. The first-order valence-corrected chi connectivity index (χ1v) is 5.48. The average Bonchev–Trinajstić information content (AvgIpc) is 2.58. The van der Waals surface area contributed by atoms with Crippen LogP contribution in [0.4, 0.5) is 0 Å². The Labute approximate surface area is 90.5 Å². The van der Waals surface area contributed by atoms with Crippen LogP contribution in [0.1, 0.15) is 19.5 Å². The largest absolute Gasteiger partial charge is 0.311 e. The fraction of sp³-hybridized carbons (Fsp3) is 0.800. The summed E-state index contributed by atoms with van der Waals surface area (Å²) in [6.07, 6.45) is 1.99. The normalized spacial score (nSPS) is 28.2. The average molecular weight is 209 g/mol. The molecule has 0 radical (unpaired) electrons. The molecule has 0 aromatic carbocycles. The van der Waals surface area contributed by atoms with Crippen LogP contribution < -0.4 is 5.32 Å². The zero-order chi connectivity index (χ0) is 10.8. The number of piperazine rings is 1. The molecule has 0 bridgehead atoms. The minimum atomic E-state index is 0.567. The number of hydrogen-bond acceptors (Lipinski definition) is 4. The van der Waals surface area contributed by atoms with Crippen molar-refractivity contribution in [3.8, 4) is 0 Å². The molecule has 0 aliphatic carbocycles. The van der Waals surface area contributed by atoms with E-state index in [-0.39, 0.29) is 0 Å². The summed E-state index contributed by atoms with van der Waals surface area (Å²) in [5, 5.41) is 11.5. The SMILES string of the molecule is CC1CN(Cc2cn(C)nn2)C(C)CN1. The third kappa shape index (κ3) is 2.54. The van der Waals surface area contributed by atoms with Gasteiger partial charge in [0.05, 0.1) is 5.69 Å². The minimum Gasteiger partial charge on any atom is -0.311 e. The van der Waals surface area contributed by atoms with E-state index >= 15 is 0 Å². The summed E-state index contributed by atoms with van der Waals surface area (Å²) >= 11 is 0. The zero-order valence-corrected chi connectivity index (χ0v) is 9.64. The van der Waals surface area contributed by atoms with Crippen LogP contribution in [0.3, 0.4) is 0 Å². The lowest BCUT2D eigenvalue weighted by Crippen LogP contribution is -2.53. The van der Waals surface area contributed by atoms with Gasteiger partial charge in [0.2, 0.25) is 0 Å². The smallest absolute Gasteiger partial charge is 0.0967 e. The third-order valence-corrected chi connectivity index (χ3v) is 2.91. The Morgan fingerprint density at radius 3 is 3.00 bits per heavy atom. The van der Waals surface area contributed by atoms with Gasteiger partial charge in [0.1, 0.15) is 0 Å². The van der Waals surface area contributed by atoms with Gasteiger partial charge in [-0.05, 0) is 13.8 Å². The maximum absolute atomic E-state index is 4.12. The van der Waals surface area contributed by atoms with Gasteiger partial charge in [-0.25, -0.2) is 0 Å². The molecule has 1 aromatic rings. The van der Waals surface area contributed by atoms with E-state index in [1.54, 1.807) is 4.68 Å². The maximum Gasteiger partial charge on any atom is 0.0967 e. The molecule has 1 fully saturated rings. The minimum absolute atomic E-state index is 0.567. The van der Waals surface area contributed by atoms with Crippen molar-refractivity contribution >= 4 is 0 Å². The fourth-order valence-corrected chi connectivity index (χ4v) is 1.99. The molecule has 1 aromatic heterocycles. The third-order valence-electron chi connectivity index (χ3n) is 2.91. The lowest BCUT2D eigenvalue weighted by Gasteiger charge is -2.36. The summed E-state index contributed by atoms with van der Waals surface area (Å²) in [4.78, 5) is 2.45. The predicted molar refractivity (Wildman–Crippen MR) is 58.3 cm³/mol. The van der Waals surface area contributed by atoms with Gasteiger partial charge < -0.3 is 5.32 Å². The van der Waals surface area contributed by atoms with Gasteiger partial charge in [0, 0.05) is 45.0 Å². The summed E-state index contributed by atoms with van der Waals surface area (Å²) in [5.41, 5.74) is 1.05. The Bertz CT molecular complexity index is 321. The maximum atomic E-state index is 4.12. The number of aromatic nitrogens is 3. The van der Waals surface area contributed by atoms with Gasteiger partial charge in [-0.15, -0.1) is 5.10 Å². The van der Waals surface area contributed by atoms with Crippen molar-refractivity contribution in [2.24, 2.45) is 7.05 Å². The van der Waals surface area contributed by atoms with Crippen LogP contribution in [0.5, 0.6) is 0 Å². The molecule has 84 valence electrons. The van der Waals surface area contributed by atoms with E-state index in [1.165, 1.54) is 0 Å². The number of nitrogens with one attached hydrogen (secondary N) is 1. The first kappa shape index (κ1) is 10.6. The van der Waals surface area contributed by atoms with E-state index in [1.807, 2.05) is 13.2 Å². The van der Waals surface area contributed by atoms with Gasteiger partial charge in [-0.1, -0.05) is 5.21 Å². The molecule has 1 aliphatic heterocycles. The Morgan fingerprint density at radius 1 is 1.53 bits per heavy atom. The summed E-state index contributed by atoms with van der Waals surface area (Å²) in [6.45, 7) is 7.50. The van der Waals surface area contributed by atoms with Crippen molar-refractivity contribution in [1.82, 2.24) is 25.2 Å². The van der Waals surface area contributed by atoms with Crippen molar-refractivity contribution in [2.75, 3.05) is 13.1 Å². The molecule has 1 N–H and O–H groups in total. The van der Waals surface area contributed by atoms with Gasteiger partial charge in [0.25, 0.3) is 0 Å². The van der Waals surface area contributed by atoms with Gasteiger partial charge >= 0.3 is 0 Å². The number of aryl methyl sites for hydroxylation is 1. The molecule has 1 saturated heterocycles. The molecule has 2 unspecified atom stereocenters. The summed E-state index contributed by atoms with van der Waals surface area (Å²) in [6, 6.07) is 1.14. The fourth-order valence-electron chi connectivity index (χ4n) is 1.99. The van der Waals surface area contributed by atoms with Crippen LogP contribution in [0, 0.1) is 0 Å². The highest BCUT2D eigenvalue weighted by Gasteiger charge is 2.22. The second kappa shape index (κ2) is 4.28. The van der Waals surface area contributed by atoms with Crippen LogP contribution in [-0.4, -0.2) is 45.1 Å². The monoisotopic (exact) mass is 209 g/mol.